The smallest absolute Gasteiger partial charge is 0.335 e. The Morgan fingerprint density at radius 2 is 1.92 bits per heavy atom. The third-order valence-corrected chi connectivity index (χ3v) is 3.19. The molecule has 0 aliphatic rings. The Morgan fingerprint density at radius 1 is 1.15 bits per heavy atom. The van der Waals surface area contributed by atoms with Crippen LogP contribution in [0.1, 0.15) is 15.9 Å². The van der Waals surface area contributed by atoms with E-state index in [1.165, 1.54) is 12.1 Å². The van der Waals surface area contributed by atoms with Crippen LogP contribution in [0.25, 0.3) is 0 Å². The van der Waals surface area contributed by atoms with Crippen molar-refractivity contribution >= 4 is 23.6 Å². The number of nitrogen functional groups attached to an aromatic ring is 1. The summed E-state index contributed by atoms with van der Waals surface area (Å²) in [7, 11) is 0. The highest BCUT2D eigenvalue weighted by Gasteiger charge is 2.09. The van der Waals surface area contributed by atoms with Crippen LogP contribution >= 0.6 is 0 Å². The molecule has 0 unspecified atom stereocenters. The number of carboxylic acid groups (broad SMARTS) is 1. The molecule has 1 heterocycles. The number of anilines is 3. The van der Waals surface area contributed by atoms with Crippen molar-refractivity contribution in [3.63, 3.8) is 0 Å². The number of hydrogen-bond acceptors (Lipinski definition) is 8. The van der Waals surface area contributed by atoms with Crippen molar-refractivity contribution < 1.29 is 14.6 Å². The predicted octanol–water partition coefficient (Wildman–Crippen LogP) is 2.56. The van der Waals surface area contributed by atoms with Crippen LogP contribution in [0.2, 0.25) is 0 Å². The first-order valence-electron chi connectivity index (χ1n) is 7.33. The van der Waals surface area contributed by atoms with Crippen LogP contribution in [-0.4, -0.2) is 26.0 Å². The Morgan fingerprint density at radius 3 is 2.62 bits per heavy atom. The number of carbonyl (C=O) groups is 1. The van der Waals surface area contributed by atoms with Crippen molar-refractivity contribution in [2.45, 2.75) is 0 Å². The SMILES string of the molecule is N#Cc1ccc(Nc2nc(N)nc(Oc3cccc(C(=O)O)c3)n2)cc1. The van der Waals surface area contributed by atoms with Crippen molar-refractivity contribution in [1.29, 1.82) is 5.26 Å². The molecule has 0 fully saturated rings. The zero-order valence-electron chi connectivity index (χ0n) is 13.2. The van der Waals surface area contributed by atoms with Crippen LogP contribution in [0.3, 0.4) is 0 Å². The van der Waals surface area contributed by atoms with Gasteiger partial charge in [-0.1, -0.05) is 6.07 Å². The van der Waals surface area contributed by atoms with E-state index in [1.54, 1.807) is 36.4 Å². The molecule has 2 aromatic carbocycles. The molecule has 0 aliphatic heterocycles. The number of aromatic nitrogens is 3. The van der Waals surface area contributed by atoms with Gasteiger partial charge in [0, 0.05) is 5.69 Å². The van der Waals surface area contributed by atoms with Crippen molar-refractivity contribution in [2.75, 3.05) is 11.1 Å². The van der Waals surface area contributed by atoms with Gasteiger partial charge in [-0.05, 0) is 42.5 Å². The quantitative estimate of drug-likeness (QED) is 0.632. The lowest BCUT2D eigenvalue weighted by atomic mass is 10.2. The van der Waals surface area contributed by atoms with E-state index in [-0.39, 0.29) is 29.2 Å². The molecule has 0 aliphatic carbocycles. The van der Waals surface area contributed by atoms with E-state index in [0.29, 0.717) is 11.3 Å². The van der Waals surface area contributed by atoms with Crippen molar-refractivity contribution in [3.8, 4) is 17.8 Å². The van der Waals surface area contributed by atoms with Crippen LogP contribution < -0.4 is 15.8 Å². The van der Waals surface area contributed by atoms with Crippen molar-refractivity contribution in [1.82, 2.24) is 15.0 Å². The van der Waals surface area contributed by atoms with Gasteiger partial charge in [0.15, 0.2) is 0 Å². The first kappa shape index (κ1) is 16.7. The van der Waals surface area contributed by atoms with Crippen molar-refractivity contribution in [2.24, 2.45) is 0 Å². The highest BCUT2D eigenvalue weighted by atomic mass is 16.5. The maximum atomic E-state index is 11.0. The number of nitriles is 1. The van der Waals surface area contributed by atoms with Gasteiger partial charge in [0.2, 0.25) is 11.9 Å². The van der Waals surface area contributed by atoms with Gasteiger partial charge in [-0.3, -0.25) is 0 Å². The number of nitrogens with two attached hydrogens (primary N) is 1. The first-order valence-corrected chi connectivity index (χ1v) is 7.33. The van der Waals surface area contributed by atoms with Gasteiger partial charge in [0.1, 0.15) is 5.75 Å². The minimum atomic E-state index is -1.08. The molecule has 26 heavy (non-hydrogen) atoms. The largest absolute Gasteiger partial charge is 0.478 e. The molecule has 9 heteroatoms. The lowest BCUT2D eigenvalue weighted by molar-refractivity contribution is 0.0696. The summed E-state index contributed by atoms with van der Waals surface area (Å²) in [5.74, 6) is -0.749. The molecule has 0 saturated carbocycles. The molecule has 3 rings (SSSR count). The molecule has 0 atom stereocenters. The number of rotatable bonds is 5. The molecule has 128 valence electrons. The van der Waals surface area contributed by atoms with E-state index in [1.807, 2.05) is 6.07 Å². The summed E-state index contributed by atoms with van der Waals surface area (Å²) in [6.07, 6.45) is 0. The molecular weight excluding hydrogens is 336 g/mol. The topological polar surface area (TPSA) is 147 Å². The number of aromatic carboxylic acids is 1. The van der Waals surface area contributed by atoms with Gasteiger partial charge in [0.05, 0.1) is 17.2 Å². The number of benzene rings is 2. The Labute approximate surface area is 147 Å². The summed E-state index contributed by atoms with van der Waals surface area (Å²) >= 11 is 0. The molecule has 4 N–H and O–H groups in total. The average molecular weight is 348 g/mol. The molecule has 0 radical (unpaired) electrons. The van der Waals surface area contributed by atoms with Crippen LogP contribution in [0.4, 0.5) is 17.6 Å². The standard InChI is InChI=1S/C17H12N6O3/c18-9-10-4-6-12(7-5-10)20-16-21-15(19)22-17(23-16)26-13-3-1-2-11(8-13)14(24)25/h1-8H,(H,24,25)(H3,19,20,21,22,23). The molecule has 3 aromatic rings. The van der Waals surface area contributed by atoms with E-state index in [9.17, 15) is 4.79 Å². The average Bonchev–Trinajstić information content (AvgIpc) is 2.62. The summed E-state index contributed by atoms with van der Waals surface area (Å²) in [6, 6.07) is 14.5. The number of nitrogens with zero attached hydrogens (tertiary/aromatic N) is 4. The van der Waals surface area contributed by atoms with Gasteiger partial charge in [-0.15, -0.1) is 0 Å². The van der Waals surface area contributed by atoms with Gasteiger partial charge in [-0.25, -0.2) is 4.79 Å². The minimum absolute atomic E-state index is 0.0689. The van der Waals surface area contributed by atoms with Crippen molar-refractivity contribution in [3.05, 3.63) is 59.7 Å². The second kappa shape index (κ2) is 7.14. The zero-order valence-corrected chi connectivity index (χ0v) is 13.2. The molecule has 0 amide bonds. The van der Waals surface area contributed by atoms with E-state index in [4.69, 9.17) is 20.8 Å². The van der Waals surface area contributed by atoms with Crippen LogP contribution in [0, 0.1) is 11.3 Å². The lowest BCUT2D eigenvalue weighted by Crippen LogP contribution is -2.05. The molecule has 1 aromatic heterocycles. The molecule has 0 spiro atoms. The Balaban J connectivity index is 1.82. The third kappa shape index (κ3) is 4.01. The zero-order chi connectivity index (χ0) is 18.5. The van der Waals surface area contributed by atoms with E-state index < -0.39 is 5.97 Å². The fourth-order valence-electron chi connectivity index (χ4n) is 2.03. The second-order valence-corrected chi connectivity index (χ2v) is 5.05. The van der Waals surface area contributed by atoms with Gasteiger partial charge in [-0.2, -0.15) is 20.2 Å². The lowest BCUT2D eigenvalue weighted by Gasteiger charge is -2.08. The second-order valence-electron chi connectivity index (χ2n) is 5.05. The minimum Gasteiger partial charge on any atom is -0.478 e. The van der Waals surface area contributed by atoms with Gasteiger partial charge >= 0.3 is 12.0 Å². The van der Waals surface area contributed by atoms with Crippen LogP contribution in [0.15, 0.2) is 48.5 Å². The number of carboxylic acids is 1. The Hall–Kier alpha value is -4.19. The molecule has 0 bridgehead atoms. The first-order chi connectivity index (χ1) is 12.5. The maximum absolute atomic E-state index is 11.0. The highest BCUT2D eigenvalue weighted by Crippen LogP contribution is 2.22. The number of nitrogens with one attached hydrogen (secondary N) is 1. The Kier molecular flexibility index (Phi) is 4.58. The monoisotopic (exact) mass is 348 g/mol. The third-order valence-electron chi connectivity index (χ3n) is 3.19. The molecular formula is C17H12N6O3. The fourth-order valence-corrected chi connectivity index (χ4v) is 2.03. The molecule has 9 nitrogen and oxygen atoms in total. The summed E-state index contributed by atoms with van der Waals surface area (Å²) in [5, 5.41) is 20.8. The predicted molar refractivity (Wildman–Crippen MR) is 92.2 cm³/mol. The molecule has 0 saturated heterocycles. The van der Waals surface area contributed by atoms with E-state index >= 15 is 0 Å². The van der Waals surface area contributed by atoms with Gasteiger partial charge in [0.25, 0.3) is 0 Å². The normalized spacial score (nSPS) is 9.96. The Bertz CT molecular complexity index is 998. The van der Waals surface area contributed by atoms with E-state index in [2.05, 4.69) is 20.3 Å². The summed E-state index contributed by atoms with van der Waals surface area (Å²) in [6.45, 7) is 0. The summed E-state index contributed by atoms with van der Waals surface area (Å²) in [5.41, 5.74) is 6.91. The summed E-state index contributed by atoms with van der Waals surface area (Å²) in [4.78, 5) is 22.9. The number of hydrogen-bond donors (Lipinski definition) is 3. The van der Waals surface area contributed by atoms with Crippen LogP contribution in [0.5, 0.6) is 11.8 Å². The number of ether oxygens (including phenoxy) is 1. The fraction of sp³-hybridized carbons (Fsp3) is 0. The van der Waals surface area contributed by atoms with Crippen LogP contribution in [-0.2, 0) is 0 Å². The maximum Gasteiger partial charge on any atom is 0.335 e. The highest BCUT2D eigenvalue weighted by molar-refractivity contribution is 5.88. The van der Waals surface area contributed by atoms with Gasteiger partial charge < -0.3 is 20.9 Å². The van der Waals surface area contributed by atoms with E-state index in [0.717, 1.165) is 0 Å². The summed E-state index contributed by atoms with van der Waals surface area (Å²) < 4.78 is 5.48.